The minimum absolute atomic E-state index is 0.0708. The van der Waals surface area contributed by atoms with Gasteiger partial charge in [-0.25, -0.2) is 0 Å². The van der Waals surface area contributed by atoms with Crippen molar-refractivity contribution in [3.8, 4) is 11.5 Å². The summed E-state index contributed by atoms with van der Waals surface area (Å²) in [5, 5.41) is 12.6. The number of rotatable bonds is 7. The smallest absolute Gasteiger partial charge is 0.224 e. The Morgan fingerprint density at radius 2 is 2.00 bits per heavy atom. The third-order valence-corrected chi connectivity index (χ3v) is 3.56. The molecule has 0 heterocycles. The zero-order chi connectivity index (χ0) is 16.7. The van der Waals surface area contributed by atoms with Crippen LogP contribution in [0.15, 0.2) is 42.5 Å². The van der Waals surface area contributed by atoms with Crippen molar-refractivity contribution in [3.63, 3.8) is 0 Å². The predicted molar refractivity (Wildman–Crippen MR) is 92.0 cm³/mol. The fourth-order valence-corrected chi connectivity index (χ4v) is 2.27. The molecule has 4 nitrogen and oxygen atoms in total. The molecule has 0 atom stereocenters. The van der Waals surface area contributed by atoms with Crippen molar-refractivity contribution < 1.29 is 14.6 Å². The van der Waals surface area contributed by atoms with Crippen LogP contribution in [0.2, 0.25) is 0 Å². The van der Waals surface area contributed by atoms with Gasteiger partial charge in [-0.3, -0.25) is 4.79 Å². The van der Waals surface area contributed by atoms with Gasteiger partial charge in [-0.15, -0.1) is 0 Å². The van der Waals surface area contributed by atoms with Crippen molar-refractivity contribution >= 4 is 11.6 Å². The molecule has 122 valence electrons. The molecule has 0 aliphatic rings. The number of anilines is 1. The molecule has 0 aromatic heterocycles. The van der Waals surface area contributed by atoms with Crippen molar-refractivity contribution in [2.24, 2.45) is 0 Å². The van der Waals surface area contributed by atoms with E-state index < -0.39 is 0 Å². The maximum Gasteiger partial charge on any atom is 0.224 e. The van der Waals surface area contributed by atoms with Crippen LogP contribution in [0.25, 0.3) is 0 Å². The first-order chi connectivity index (χ1) is 11.1. The van der Waals surface area contributed by atoms with Gasteiger partial charge in [0.1, 0.15) is 11.5 Å². The van der Waals surface area contributed by atoms with E-state index in [1.54, 1.807) is 12.1 Å². The standard InChI is InChI=1S/C19H23NO3/c1-3-12-23-16-9-10-17(14(2)13-16)20-19(22)11-8-15-6-4-5-7-18(15)21/h4-7,9-10,13,21H,3,8,11-12H2,1-2H3,(H,20,22). The first-order valence-electron chi connectivity index (χ1n) is 7.90. The lowest BCUT2D eigenvalue weighted by atomic mass is 10.1. The van der Waals surface area contributed by atoms with Crippen LogP contribution in [-0.4, -0.2) is 17.6 Å². The molecule has 2 aromatic rings. The van der Waals surface area contributed by atoms with Gasteiger partial charge in [0.15, 0.2) is 0 Å². The lowest BCUT2D eigenvalue weighted by Crippen LogP contribution is -2.13. The van der Waals surface area contributed by atoms with Crippen LogP contribution in [-0.2, 0) is 11.2 Å². The van der Waals surface area contributed by atoms with Gasteiger partial charge in [0.2, 0.25) is 5.91 Å². The number of amides is 1. The molecule has 0 fully saturated rings. The Morgan fingerprint density at radius 3 is 2.70 bits per heavy atom. The van der Waals surface area contributed by atoms with Crippen molar-refractivity contribution in [2.75, 3.05) is 11.9 Å². The molecule has 0 unspecified atom stereocenters. The van der Waals surface area contributed by atoms with Crippen LogP contribution in [0.1, 0.15) is 30.9 Å². The van der Waals surface area contributed by atoms with Gasteiger partial charge >= 0.3 is 0 Å². The number of phenolic OH excluding ortho intramolecular Hbond substituents is 1. The second-order valence-electron chi connectivity index (χ2n) is 5.50. The minimum atomic E-state index is -0.0708. The molecular weight excluding hydrogens is 290 g/mol. The second kappa shape index (κ2) is 8.22. The largest absolute Gasteiger partial charge is 0.508 e. The van der Waals surface area contributed by atoms with E-state index in [0.717, 1.165) is 29.0 Å². The summed E-state index contributed by atoms with van der Waals surface area (Å²) in [4.78, 5) is 12.1. The van der Waals surface area contributed by atoms with E-state index in [2.05, 4.69) is 12.2 Å². The van der Waals surface area contributed by atoms with E-state index >= 15 is 0 Å². The lowest BCUT2D eigenvalue weighted by Gasteiger charge is -2.11. The lowest BCUT2D eigenvalue weighted by molar-refractivity contribution is -0.116. The Morgan fingerprint density at radius 1 is 1.22 bits per heavy atom. The summed E-state index contributed by atoms with van der Waals surface area (Å²) < 4.78 is 5.57. The first-order valence-corrected chi connectivity index (χ1v) is 7.90. The number of carbonyl (C=O) groups excluding carboxylic acids is 1. The number of hydrogen-bond donors (Lipinski definition) is 2. The quantitative estimate of drug-likeness (QED) is 0.810. The van der Waals surface area contributed by atoms with Crippen LogP contribution in [0, 0.1) is 6.92 Å². The number of aryl methyl sites for hydroxylation is 2. The molecule has 2 aromatic carbocycles. The summed E-state index contributed by atoms with van der Waals surface area (Å²) in [7, 11) is 0. The van der Waals surface area contributed by atoms with E-state index in [4.69, 9.17) is 4.74 Å². The van der Waals surface area contributed by atoms with Gasteiger partial charge in [0.25, 0.3) is 0 Å². The van der Waals surface area contributed by atoms with E-state index in [9.17, 15) is 9.90 Å². The molecular formula is C19H23NO3. The Hall–Kier alpha value is -2.49. The fraction of sp³-hybridized carbons (Fsp3) is 0.316. The molecule has 0 saturated carbocycles. The van der Waals surface area contributed by atoms with Crippen LogP contribution >= 0.6 is 0 Å². The highest BCUT2D eigenvalue weighted by Crippen LogP contribution is 2.22. The highest BCUT2D eigenvalue weighted by Gasteiger charge is 2.08. The van der Waals surface area contributed by atoms with Crippen molar-refractivity contribution in [2.45, 2.75) is 33.1 Å². The third kappa shape index (κ3) is 5.02. The Bertz CT molecular complexity index is 667. The number of aromatic hydroxyl groups is 1. The van der Waals surface area contributed by atoms with Crippen molar-refractivity contribution in [1.82, 2.24) is 0 Å². The molecule has 4 heteroatoms. The summed E-state index contributed by atoms with van der Waals surface area (Å²) in [5.41, 5.74) is 2.54. The highest BCUT2D eigenvalue weighted by atomic mass is 16.5. The molecule has 1 amide bonds. The molecule has 0 bridgehead atoms. The van der Waals surface area contributed by atoms with E-state index in [0.29, 0.717) is 19.4 Å². The molecule has 0 aliphatic heterocycles. The van der Waals surface area contributed by atoms with Gasteiger partial charge in [-0.05, 0) is 55.2 Å². The number of benzene rings is 2. The molecule has 2 rings (SSSR count). The van der Waals surface area contributed by atoms with Gasteiger partial charge < -0.3 is 15.2 Å². The monoisotopic (exact) mass is 313 g/mol. The SMILES string of the molecule is CCCOc1ccc(NC(=O)CCc2ccccc2O)c(C)c1. The van der Waals surface area contributed by atoms with Gasteiger partial charge in [0, 0.05) is 12.1 Å². The normalized spacial score (nSPS) is 10.3. The maximum absolute atomic E-state index is 12.1. The number of para-hydroxylation sites is 1. The van der Waals surface area contributed by atoms with Gasteiger partial charge in [-0.2, -0.15) is 0 Å². The van der Waals surface area contributed by atoms with Crippen LogP contribution in [0.4, 0.5) is 5.69 Å². The minimum Gasteiger partial charge on any atom is -0.508 e. The molecule has 2 N–H and O–H groups in total. The number of carbonyl (C=O) groups is 1. The summed E-state index contributed by atoms with van der Waals surface area (Å²) in [6.45, 7) is 4.69. The predicted octanol–water partition coefficient (Wildman–Crippen LogP) is 4.06. The van der Waals surface area contributed by atoms with Gasteiger partial charge in [-0.1, -0.05) is 25.1 Å². The molecule has 23 heavy (non-hydrogen) atoms. The zero-order valence-electron chi connectivity index (χ0n) is 13.6. The summed E-state index contributed by atoms with van der Waals surface area (Å²) in [5.74, 6) is 0.976. The van der Waals surface area contributed by atoms with Crippen molar-refractivity contribution in [3.05, 3.63) is 53.6 Å². The first kappa shape index (κ1) is 16.9. The van der Waals surface area contributed by atoms with Crippen molar-refractivity contribution in [1.29, 1.82) is 0 Å². The number of hydrogen-bond acceptors (Lipinski definition) is 3. The Labute approximate surface area is 137 Å². The maximum atomic E-state index is 12.1. The van der Waals surface area contributed by atoms with E-state index in [1.807, 2.05) is 37.3 Å². The molecule has 0 radical (unpaired) electrons. The second-order valence-corrected chi connectivity index (χ2v) is 5.50. The molecule has 0 spiro atoms. The number of ether oxygens (including phenoxy) is 1. The van der Waals surface area contributed by atoms with Crippen LogP contribution in [0.5, 0.6) is 11.5 Å². The highest BCUT2D eigenvalue weighted by molar-refractivity contribution is 5.91. The van der Waals surface area contributed by atoms with E-state index in [1.165, 1.54) is 0 Å². The third-order valence-electron chi connectivity index (χ3n) is 3.56. The molecule has 0 saturated heterocycles. The number of phenols is 1. The van der Waals surface area contributed by atoms with Crippen LogP contribution in [0.3, 0.4) is 0 Å². The Kier molecular flexibility index (Phi) is 6.03. The van der Waals surface area contributed by atoms with Crippen LogP contribution < -0.4 is 10.1 Å². The number of nitrogens with one attached hydrogen (secondary N) is 1. The Balaban J connectivity index is 1.91. The summed E-state index contributed by atoms with van der Waals surface area (Å²) >= 11 is 0. The topological polar surface area (TPSA) is 58.6 Å². The summed E-state index contributed by atoms with van der Waals surface area (Å²) in [6, 6.07) is 12.7. The zero-order valence-corrected chi connectivity index (χ0v) is 13.6. The van der Waals surface area contributed by atoms with E-state index in [-0.39, 0.29) is 11.7 Å². The molecule has 0 aliphatic carbocycles. The average Bonchev–Trinajstić information content (AvgIpc) is 2.54. The van der Waals surface area contributed by atoms with Gasteiger partial charge in [0.05, 0.1) is 6.61 Å². The fourth-order valence-electron chi connectivity index (χ4n) is 2.27. The average molecular weight is 313 g/mol. The summed E-state index contributed by atoms with van der Waals surface area (Å²) in [6.07, 6.45) is 1.80.